The Morgan fingerprint density at radius 3 is 2.62 bits per heavy atom. The topological polar surface area (TPSA) is 29.1 Å². The van der Waals surface area contributed by atoms with Gasteiger partial charge in [-0.1, -0.05) is 24.3 Å². The molecule has 16 heavy (non-hydrogen) atoms. The molecule has 0 spiro atoms. The second-order valence-electron chi connectivity index (χ2n) is 3.35. The molecule has 2 rings (SSSR count). The Bertz CT molecular complexity index is 536. The van der Waals surface area contributed by atoms with E-state index >= 15 is 0 Å². The fourth-order valence-electron chi connectivity index (χ4n) is 1.61. The number of hydrogen-bond acceptors (Lipinski definition) is 2. The average molecular weight is 346 g/mol. The molecule has 2 aromatic rings. The lowest BCUT2D eigenvalue weighted by molar-refractivity contribution is -0.110. The monoisotopic (exact) mass is 345 g/mol. The summed E-state index contributed by atoms with van der Waals surface area (Å²) in [5.74, 6) is 0. The van der Waals surface area contributed by atoms with E-state index in [-0.39, 0.29) is 11.8 Å². The standard InChI is InChI=1S/C12H9ClINO/c13-11(16)7-15-10-6-2-4-8-3-1-5-9(14)12(8)10/h1-6,15H,7H2. The summed E-state index contributed by atoms with van der Waals surface area (Å²) in [6.07, 6.45) is 0. The lowest BCUT2D eigenvalue weighted by Gasteiger charge is -2.09. The van der Waals surface area contributed by atoms with Crippen molar-refractivity contribution in [1.29, 1.82) is 0 Å². The van der Waals surface area contributed by atoms with Crippen LogP contribution < -0.4 is 5.32 Å². The van der Waals surface area contributed by atoms with Gasteiger partial charge in [0.2, 0.25) is 5.24 Å². The van der Waals surface area contributed by atoms with Crippen molar-refractivity contribution < 1.29 is 4.79 Å². The average Bonchev–Trinajstić information content (AvgIpc) is 2.26. The summed E-state index contributed by atoms with van der Waals surface area (Å²) in [5.41, 5.74) is 0.941. The molecular weight excluding hydrogens is 336 g/mol. The Hall–Kier alpha value is -0.810. The highest BCUT2D eigenvalue weighted by Crippen LogP contribution is 2.27. The van der Waals surface area contributed by atoms with Crippen molar-refractivity contribution in [2.75, 3.05) is 11.9 Å². The zero-order valence-electron chi connectivity index (χ0n) is 8.34. The van der Waals surface area contributed by atoms with Crippen LogP contribution >= 0.6 is 34.2 Å². The van der Waals surface area contributed by atoms with Crippen LogP contribution in [0, 0.1) is 3.57 Å². The van der Waals surface area contributed by atoms with Gasteiger partial charge in [0.1, 0.15) is 0 Å². The lowest BCUT2D eigenvalue weighted by atomic mass is 10.1. The number of anilines is 1. The number of carbonyl (C=O) groups excluding carboxylic acids is 1. The molecule has 0 fully saturated rings. The van der Waals surface area contributed by atoms with E-state index in [4.69, 9.17) is 11.6 Å². The molecule has 0 saturated carbocycles. The Morgan fingerprint density at radius 1 is 1.25 bits per heavy atom. The van der Waals surface area contributed by atoms with Crippen molar-refractivity contribution >= 4 is 55.9 Å². The molecule has 4 heteroatoms. The van der Waals surface area contributed by atoms with Crippen LogP contribution in [0.25, 0.3) is 10.8 Å². The van der Waals surface area contributed by atoms with E-state index in [0.29, 0.717) is 0 Å². The molecule has 0 saturated heterocycles. The number of nitrogens with one attached hydrogen (secondary N) is 1. The van der Waals surface area contributed by atoms with E-state index in [1.54, 1.807) is 0 Å². The molecule has 0 amide bonds. The number of rotatable bonds is 3. The van der Waals surface area contributed by atoms with Gasteiger partial charge in [0, 0.05) is 14.6 Å². The quantitative estimate of drug-likeness (QED) is 0.680. The number of halogens is 2. The fourth-order valence-corrected chi connectivity index (χ4v) is 2.48. The molecule has 0 aromatic heterocycles. The van der Waals surface area contributed by atoms with Gasteiger partial charge in [0.15, 0.2) is 0 Å². The van der Waals surface area contributed by atoms with Crippen LogP contribution in [0.3, 0.4) is 0 Å². The largest absolute Gasteiger partial charge is 0.376 e. The Labute approximate surface area is 112 Å². The predicted octanol–water partition coefficient (Wildman–Crippen LogP) is 3.62. The van der Waals surface area contributed by atoms with Crippen molar-refractivity contribution in [2.45, 2.75) is 0 Å². The van der Waals surface area contributed by atoms with Crippen molar-refractivity contribution in [2.24, 2.45) is 0 Å². The van der Waals surface area contributed by atoms with Gasteiger partial charge in [-0.2, -0.15) is 0 Å². The van der Waals surface area contributed by atoms with Gasteiger partial charge in [0.05, 0.1) is 6.54 Å². The molecule has 1 N–H and O–H groups in total. The van der Waals surface area contributed by atoms with Gasteiger partial charge in [-0.3, -0.25) is 4.79 Å². The predicted molar refractivity (Wildman–Crippen MR) is 76.0 cm³/mol. The van der Waals surface area contributed by atoms with Crippen molar-refractivity contribution in [3.8, 4) is 0 Å². The molecule has 0 radical (unpaired) electrons. The Kier molecular flexibility index (Phi) is 3.66. The summed E-state index contributed by atoms with van der Waals surface area (Å²) in [5, 5.41) is 4.94. The molecular formula is C12H9ClINO. The van der Waals surface area contributed by atoms with E-state index in [9.17, 15) is 4.79 Å². The van der Waals surface area contributed by atoms with Gasteiger partial charge in [-0.25, -0.2) is 0 Å². The number of fused-ring (bicyclic) bond motifs is 1. The van der Waals surface area contributed by atoms with Gasteiger partial charge < -0.3 is 5.32 Å². The molecule has 0 unspecified atom stereocenters. The summed E-state index contributed by atoms with van der Waals surface area (Å²) in [4.78, 5) is 10.7. The number of hydrogen-bond donors (Lipinski definition) is 1. The third-order valence-corrected chi connectivity index (χ3v) is 3.30. The first-order valence-corrected chi connectivity index (χ1v) is 6.23. The second kappa shape index (κ2) is 5.01. The van der Waals surface area contributed by atoms with E-state index in [0.717, 1.165) is 20.0 Å². The van der Waals surface area contributed by atoms with Crippen LogP contribution in [0.15, 0.2) is 36.4 Å². The minimum absolute atomic E-state index is 0.144. The summed E-state index contributed by atoms with van der Waals surface area (Å²) >= 11 is 7.60. The maximum Gasteiger partial charge on any atom is 0.240 e. The molecule has 0 aliphatic carbocycles. The fraction of sp³-hybridized carbons (Fsp3) is 0.0833. The molecule has 0 aliphatic rings. The van der Waals surface area contributed by atoms with E-state index in [2.05, 4.69) is 27.9 Å². The van der Waals surface area contributed by atoms with Crippen LogP contribution in [0.2, 0.25) is 0 Å². The van der Waals surface area contributed by atoms with Crippen LogP contribution in [-0.2, 0) is 4.79 Å². The minimum atomic E-state index is -0.386. The minimum Gasteiger partial charge on any atom is -0.376 e. The molecule has 2 nitrogen and oxygen atoms in total. The lowest BCUT2D eigenvalue weighted by Crippen LogP contribution is -2.08. The zero-order valence-corrected chi connectivity index (χ0v) is 11.2. The Morgan fingerprint density at radius 2 is 1.94 bits per heavy atom. The smallest absolute Gasteiger partial charge is 0.240 e. The molecule has 0 heterocycles. The first kappa shape index (κ1) is 11.7. The first-order chi connectivity index (χ1) is 7.68. The van der Waals surface area contributed by atoms with Crippen LogP contribution in [-0.4, -0.2) is 11.8 Å². The van der Waals surface area contributed by atoms with Gasteiger partial charge in [-0.15, -0.1) is 0 Å². The maximum absolute atomic E-state index is 10.7. The van der Waals surface area contributed by atoms with Crippen molar-refractivity contribution in [3.05, 3.63) is 40.0 Å². The summed E-state index contributed by atoms with van der Waals surface area (Å²) in [7, 11) is 0. The van der Waals surface area contributed by atoms with E-state index in [1.165, 1.54) is 0 Å². The van der Waals surface area contributed by atoms with Crippen molar-refractivity contribution in [1.82, 2.24) is 0 Å². The molecule has 0 aliphatic heterocycles. The third kappa shape index (κ3) is 2.47. The van der Waals surface area contributed by atoms with Crippen molar-refractivity contribution in [3.63, 3.8) is 0 Å². The van der Waals surface area contributed by atoms with Crippen LogP contribution in [0.4, 0.5) is 5.69 Å². The summed E-state index contributed by atoms with van der Waals surface area (Å²) in [6, 6.07) is 12.1. The number of carbonyl (C=O) groups is 1. The zero-order chi connectivity index (χ0) is 11.5. The highest BCUT2D eigenvalue weighted by molar-refractivity contribution is 14.1. The highest BCUT2D eigenvalue weighted by Gasteiger charge is 2.04. The van der Waals surface area contributed by atoms with Gasteiger partial charge in [-0.05, 0) is 51.7 Å². The normalized spacial score (nSPS) is 10.4. The summed E-state index contributed by atoms with van der Waals surface area (Å²) < 4.78 is 1.15. The maximum atomic E-state index is 10.7. The SMILES string of the molecule is O=C(Cl)CNc1cccc2cccc(I)c12. The Balaban J connectivity index is 2.48. The third-order valence-electron chi connectivity index (χ3n) is 2.27. The second-order valence-corrected chi connectivity index (χ2v) is 4.94. The van der Waals surface area contributed by atoms with E-state index in [1.807, 2.05) is 36.4 Å². The molecule has 82 valence electrons. The molecule has 0 atom stereocenters. The first-order valence-electron chi connectivity index (χ1n) is 4.78. The van der Waals surface area contributed by atoms with Gasteiger partial charge >= 0.3 is 0 Å². The summed E-state index contributed by atoms with van der Waals surface area (Å²) in [6.45, 7) is 0.144. The molecule has 0 bridgehead atoms. The van der Waals surface area contributed by atoms with Crippen LogP contribution in [0.1, 0.15) is 0 Å². The molecule has 2 aromatic carbocycles. The number of benzene rings is 2. The van der Waals surface area contributed by atoms with Crippen LogP contribution in [0.5, 0.6) is 0 Å². The highest BCUT2D eigenvalue weighted by atomic mass is 127. The van der Waals surface area contributed by atoms with E-state index < -0.39 is 0 Å². The van der Waals surface area contributed by atoms with Gasteiger partial charge in [0.25, 0.3) is 0 Å².